The highest BCUT2D eigenvalue weighted by molar-refractivity contribution is 6.03. The first-order valence-corrected chi connectivity index (χ1v) is 7.86. The summed E-state index contributed by atoms with van der Waals surface area (Å²) in [7, 11) is 1.61. The number of nitrogens with zero attached hydrogens (tertiary/aromatic N) is 2. The van der Waals surface area contributed by atoms with Gasteiger partial charge in [-0.15, -0.1) is 0 Å². The lowest BCUT2D eigenvalue weighted by Gasteiger charge is -2.09. The van der Waals surface area contributed by atoms with Crippen molar-refractivity contribution < 1.29 is 9.53 Å². The highest BCUT2D eigenvalue weighted by Crippen LogP contribution is 2.21. The summed E-state index contributed by atoms with van der Waals surface area (Å²) >= 11 is 0. The molecule has 0 saturated heterocycles. The van der Waals surface area contributed by atoms with E-state index in [9.17, 15) is 4.79 Å². The van der Waals surface area contributed by atoms with Crippen molar-refractivity contribution in [3.05, 3.63) is 78.1 Å². The average Bonchev–Trinajstić information content (AvgIpc) is 2.69. The van der Waals surface area contributed by atoms with Gasteiger partial charge in [-0.05, 0) is 42.5 Å². The van der Waals surface area contributed by atoms with Crippen LogP contribution in [-0.2, 0) is 0 Å². The van der Waals surface area contributed by atoms with Crippen LogP contribution in [0.1, 0.15) is 16.1 Å². The Morgan fingerprint density at radius 2 is 1.85 bits per heavy atom. The largest absolute Gasteiger partial charge is 0.497 e. The van der Waals surface area contributed by atoms with E-state index in [-0.39, 0.29) is 11.6 Å². The van der Waals surface area contributed by atoms with Crippen LogP contribution in [0.25, 0.3) is 0 Å². The van der Waals surface area contributed by atoms with Gasteiger partial charge in [-0.3, -0.25) is 4.79 Å². The van der Waals surface area contributed by atoms with E-state index in [1.54, 1.807) is 49.7 Å². The molecule has 6 nitrogen and oxygen atoms in total. The van der Waals surface area contributed by atoms with E-state index in [4.69, 9.17) is 10.00 Å². The number of carbonyl (C=O) groups excluding carboxylic acids is 1. The van der Waals surface area contributed by atoms with Crippen LogP contribution in [-0.4, -0.2) is 18.0 Å². The quantitative estimate of drug-likeness (QED) is 0.731. The van der Waals surface area contributed by atoms with Gasteiger partial charge in [0.1, 0.15) is 11.4 Å². The van der Waals surface area contributed by atoms with E-state index in [1.807, 2.05) is 30.3 Å². The third kappa shape index (κ3) is 4.16. The van der Waals surface area contributed by atoms with Crippen molar-refractivity contribution in [1.29, 1.82) is 5.26 Å². The maximum absolute atomic E-state index is 12.3. The number of amides is 1. The number of nitriles is 1. The molecule has 0 atom stereocenters. The molecule has 0 unspecified atom stereocenters. The molecule has 0 aliphatic heterocycles. The minimum atomic E-state index is -0.340. The summed E-state index contributed by atoms with van der Waals surface area (Å²) < 4.78 is 5.19. The molecular weight excluding hydrogens is 328 g/mol. The summed E-state index contributed by atoms with van der Waals surface area (Å²) in [5.41, 5.74) is 2.92. The summed E-state index contributed by atoms with van der Waals surface area (Å²) in [5, 5.41) is 14.8. The van der Waals surface area contributed by atoms with Gasteiger partial charge >= 0.3 is 0 Å². The fourth-order valence-electron chi connectivity index (χ4n) is 2.33. The van der Waals surface area contributed by atoms with E-state index >= 15 is 0 Å². The van der Waals surface area contributed by atoms with Crippen molar-refractivity contribution >= 4 is 23.0 Å². The van der Waals surface area contributed by atoms with Crippen molar-refractivity contribution in [3.8, 4) is 11.8 Å². The van der Waals surface area contributed by atoms with Gasteiger partial charge in [0.15, 0.2) is 0 Å². The minimum absolute atomic E-state index is 0.281. The Kier molecular flexibility index (Phi) is 5.11. The first-order chi connectivity index (χ1) is 12.7. The number of rotatable bonds is 5. The number of carbonyl (C=O) groups is 1. The van der Waals surface area contributed by atoms with Crippen LogP contribution in [0, 0.1) is 11.3 Å². The van der Waals surface area contributed by atoms with E-state index in [2.05, 4.69) is 15.6 Å². The average molecular weight is 344 g/mol. The molecule has 0 bridgehead atoms. The molecule has 0 saturated carbocycles. The van der Waals surface area contributed by atoms with Gasteiger partial charge in [-0.25, -0.2) is 4.98 Å². The van der Waals surface area contributed by atoms with Gasteiger partial charge < -0.3 is 15.4 Å². The first-order valence-electron chi connectivity index (χ1n) is 7.86. The fraction of sp³-hybridized carbons (Fsp3) is 0.0500. The van der Waals surface area contributed by atoms with Gasteiger partial charge in [0.05, 0.1) is 30.6 Å². The van der Waals surface area contributed by atoms with E-state index < -0.39 is 0 Å². The molecule has 3 aromatic rings. The third-order valence-electron chi connectivity index (χ3n) is 3.60. The second kappa shape index (κ2) is 7.81. The Morgan fingerprint density at radius 1 is 1.04 bits per heavy atom. The Balaban J connectivity index is 1.68. The zero-order valence-electron chi connectivity index (χ0n) is 14.1. The summed E-state index contributed by atoms with van der Waals surface area (Å²) in [6.07, 6.45) is 1.58. The molecule has 1 heterocycles. The Bertz CT molecular complexity index is 962. The molecule has 0 aliphatic rings. The Morgan fingerprint density at radius 3 is 2.58 bits per heavy atom. The lowest BCUT2D eigenvalue weighted by atomic mass is 10.2. The number of aromatic nitrogens is 1. The number of methoxy groups -OCH3 is 1. The second-order valence-corrected chi connectivity index (χ2v) is 5.44. The first kappa shape index (κ1) is 17.0. The van der Waals surface area contributed by atoms with Crippen molar-refractivity contribution in [2.75, 3.05) is 17.7 Å². The maximum Gasteiger partial charge on any atom is 0.274 e. The lowest BCUT2D eigenvalue weighted by molar-refractivity contribution is 0.102. The molecule has 26 heavy (non-hydrogen) atoms. The molecule has 3 rings (SSSR count). The zero-order chi connectivity index (χ0) is 18.4. The van der Waals surface area contributed by atoms with E-state index in [0.29, 0.717) is 11.3 Å². The number of anilines is 3. The summed E-state index contributed by atoms with van der Waals surface area (Å²) in [6.45, 7) is 0. The minimum Gasteiger partial charge on any atom is -0.497 e. The molecular formula is C20H16N4O2. The van der Waals surface area contributed by atoms with E-state index in [0.717, 1.165) is 17.1 Å². The van der Waals surface area contributed by atoms with Gasteiger partial charge in [0, 0.05) is 17.4 Å². The molecule has 128 valence electrons. The molecule has 1 amide bonds. The Labute approximate surface area is 151 Å². The van der Waals surface area contributed by atoms with Gasteiger partial charge in [-0.2, -0.15) is 5.26 Å². The van der Waals surface area contributed by atoms with Crippen molar-refractivity contribution in [1.82, 2.24) is 4.98 Å². The topological polar surface area (TPSA) is 87.0 Å². The monoisotopic (exact) mass is 344 g/mol. The molecule has 6 heteroatoms. The second-order valence-electron chi connectivity index (χ2n) is 5.44. The summed E-state index contributed by atoms with van der Waals surface area (Å²) in [4.78, 5) is 16.5. The number of ether oxygens (including phenoxy) is 1. The smallest absolute Gasteiger partial charge is 0.274 e. The molecule has 2 N–H and O–H groups in total. The summed E-state index contributed by atoms with van der Waals surface area (Å²) in [6, 6.07) is 19.7. The molecule has 2 aromatic carbocycles. The zero-order valence-corrected chi connectivity index (χ0v) is 14.1. The molecule has 0 spiro atoms. The molecule has 0 fully saturated rings. The van der Waals surface area contributed by atoms with Crippen LogP contribution in [0.2, 0.25) is 0 Å². The lowest BCUT2D eigenvalue weighted by Crippen LogP contribution is -2.13. The standard InChI is InChI=1S/C20H16N4O2/c1-26-18-7-3-6-16(11-18)23-17-8-9-19(22-13-17)20(25)24-15-5-2-4-14(10-15)12-21/h2-11,13,23H,1H3,(H,24,25). The van der Waals surface area contributed by atoms with Crippen molar-refractivity contribution in [3.63, 3.8) is 0 Å². The SMILES string of the molecule is COc1cccc(Nc2ccc(C(=O)Nc3cccc(C#N)c3)nc2)c1. The van der Waals surface area contributed by atoms with Crippen LogP contribution in [0.4, 0.5) is 17.1 Å². The fourth-order valence-corrected chi connectivity index (χ4v) is 2.33. The number of nitrogens with one attached hydrogen (secondary N) is 2. The van der Waals surface area contributed by atoms with Gasteiger partial charge in [-0.1, -0.05) is 12.1 Å². The van der Waals surface area contributed by atoms with Crippen molar-refractivity contribution in [2.24, 2.45) is 0 Å². The highest BCUT2D eigenvalue weighted by atomic mass is 16.5. The van der Waals surface area contributed by atoms with Crippen LogP contribution >= 0.6 is 0 Å². The number of benzene rings is 2. The molecule has 1 aromatic heterocycles. The predicted octanol–water partition coefficient (Wildman–Crippen LogP) is 3.96. The van der Waals surface area contributed by atoms with Crippen LogP contribution in [0.3, 0.4) is 0 Å². The maximum atomic E-state index is 12.3. The molecule has 0 aliphatic carbocycles. The van der Waals surface area contributed by atoms with Crippen LogP contribution in [0.15, 0.2) is 66.9 Å². The highest BCUT2D eigenvalue weighted by Gasteiger charge is 2.08. The number of hydrogen-bond donors (Lipinski definition) is 2. The van der Waals surface area contributed by atoms with Gasteiger partial charge in [0.2, 0.25) is 0 Å². The van der Waals surface area contributed by atoms with Crippen molar-refractivity contribution in [2.45, 2.75) is 0 Å². The third-order valence-corrected chi connectivity index (χ3v) is 3.60. The number of pyridine rings is 1. The summed E-state index contributed by atoms with van der Waals surface area (Å²) in [5.74, 6) is 0.409. The Hall–Kier alpha value is -3.85. The van der Waals surface area contributed by atoms with Gasteiger partial charge in [0.25, 0.3) is 5.91 Å². The van der Waals surface area contributed by atoms with Crippen LogP contribution < -0.4 is 15.4 Å². The number of hydrogen-bond acceptors (Lipinski definition) is 5. The molecule has 0 radical (unpaired) electrons. The van der Waals surface area contributed by atoms with Crippen LogP contribution in [0.5, 0.6) is 5.75 Å². The predicted molar refractivity (Wildman–Crippen MR) is 99.6 cm³/mol. The normalized spacial score (nSPS) is 9.85. The van der Waals surface area contributed by atoms with E-state index in [1.165, 1.54) is 0 Å².